The van der Waals surface area contributed by atoms with Gasteiger partial charge < -0.3 is 29.2 Å². The molecule has 1 saturated heterocycles. The molecule has 5 rings (SSSR count). The van der Waals surface area contributed by atoms with Gasteiger partial charge in [-0.3, -0.25) is 4.79 Å². The average Bonchev–Trinajstić information content (AvgIpc) is 3.32. The third kappa shape index (κ3) is 7.63. The van der Waals surface area contributed by atoms with Crippen molar-refractivity contribution < 1.29 is 27.5 Å². The molecule has 0 saturated carbocycles. The number of pyridine rings is 1. The number of benzene rings is 2. The minimum atomic E-state index is -3.67. The van der Waals surface area contributed by atoms with Crippen molar-refractivity contribution >= 4 is 61.6 Å². The lowest BCUT2D eigenvalue weighted by Gasteiger charge is -2.35. The van der Waals surface area contributed by atoms with Gasteiger partial charge in [0.1, 0.15) is 22.9 Å². The topological polar surface area (TPSA) is 123 Å². The lowest BCUT2D eigenvalue weighted by atomic mass is 10.2. The van der Waals surface area contributed by atoms with E-state index in [2.05, 4.69) is 10.3 Å². The molecule has 1 N–H and O–H groups in total. The van der Waals surface area contributed by atoms with E-state index in [4.69, 9.17) is 32.7 Å². The van der Waals surface area contributed by atoms with Crippen LogP contribution in [0.2, 0.25) is 10.0 Å². The van der Waals surface area contributed by atoms with E-state index in [-0.39, 0.29) is 32.8 Å². The Hall–Kier alpha value is -4.00. The maximum atomic E-state index is 13.4. The standard InChI is InChI=1S/C31H33Cl2N5O6S/c1-31(2,3)44-30(40)38-13-11-37(12-14-38)29(39)27-15-20-5-7-22(16-26(20)36(27)4)43-28-10-6-21(18-34-28)35-19-45(41,42)23-8-9-24(32)25(33)17-23/h5-10,15-18,35H,11-14,19H2,1-4H3. The van der Waals surface area contributed by atoms with E-state index in [1.165, 1.54) is 24.4 Å². The summed E-state index contributed by atoms with van der Waals surface area (Å²) in [6.45, 7) is 7.09. The molecule has 1 aliphatic rings. The Bertz CT molecular complexity index is 1850. The highest BCUT2D eigenvalue weighted by molar-refractivity contribution is 7.91. The Labute approximate surface area is 271 Å². The van der Waals surface area contributed by atoms with Crippen molar-refractivity contribution in [3.8, 4) is 11.6 Å². The number of aromatic nitrogens is 2. The number of rotatable bonds is 7. The number of hydrogen-bond acceptors (Lipinski definition) is 8. The Morgan fingerprint density at radius 2 is 1.64 bits per heavy atom. The van der Waals surface area contributed by atoms with E-state index in [1.807, 2.05) is 50.6 Å². The SMILES string of the molecule is Cn1c(C(=O)N2CCN(C(=O)OC(C)(C)C)CC2)cc2ccc(Oc3ccc(NCS(=O)(=O)c4ccc(Cl)c(Cl)c4)cn3)cc21. The van der Waals surface area contributed by atoms with Crippen molar-refractivity contribution in [3.63, 3.8) is 0 Å². The molecular weight excluding hydrogens is 641 g/mol. The number of carbonyl (C=O) groups excluding carboxylic acids is 2. The van der Waals surface area contributed by atoms with Crippen LogP contribution in [0.4, 0.5) is 10.5 Å². The van der Waals surface area contributed by atoms with E-state index >= 15 is 0 Å². The Kier molecular flexibility index (Phi) is 9.20. The second-order valence-corrected chi connectivity index (χ2v) is 14.4. The molecule has 3 heterocycles. The first kappa shape index (κ1) is 32.4. The van der Waals surface area contributed by atoms with Crippen molar-refractivity contribution in [1.82, 2.24) is 19.4 Å². The summed E-state index contributed by atoms with van der Waals surface area (Å²) >= 11 is 11.9. The summed E-state index contributed by atoms with van der Waals surface area (Å²) in [5.41, 5.74) is 1.23. The Balaban J connectivity index is 1.20. The van der Waals surface area contributed by atoms with Crippen LogP contribution in [0.3, 0.4) is 0 Å². The molecule has 45 heavy (non-hydrogen) atoms. The highest BCUT2D eigenvalue weighted by Gasteiger charge is 2.29. The molecule has 0 spiro atoms. The van der Waals surface area contributed by atoms with Crippen LogP contribution >= 0.6 is 23.2 Å². The molecular formula is C31H33Cl2N5O6S. The van der Waals surface area contributed by atoms with Crippen LogP contribution in [0, 0.1) is 0 Å². The average molecular weight is 675 g/mol. The molecule has 0 atom stereocenters. The second kappa shape index (κ2) is 12.8. The number of nitrogens with one attached hydrogen (secondary N) is 1. The zero-order valence-electron chi connectivity index (χ0n) is 25.2. The van der Waals surface area contributed by atoms with Crippen LogP contribution < -0.4 is 10.1 Å². The monoisotopic (exact) mass is 673 g/mol. The summed E-state index contributed by atoms with van der Waals surface area (Å²) < 4.78 is 38.6. The highest BCUT2D eigenvalue weighted by atomic mass is 35.5. The number of fused-ring (bicyclic) bond motifs is 1. The second-order valence-electron chi connectivity index (χ2n) is 11.6. The zero-order chi connectivity index (χ0) is 32.5. The maximum absolute atomic E-state index is 13.4. The number of amides is 2. The highest BCUT2D eigenvalue weighted by Crippen LogP contribution is 2.29. The molecule has 0 radical (unpaired) electrons. The van der Waals surface area contributed by atoms with Crippen molar-refractivity contribution in [2.45, 2.75) is 31.3 Å². The normalized spacial score (nSPS) is 14.0. The van der Waals surface area contributed by atoms with Gasteiger partial charge in [0.15, 0.2) is 9.84 Å². The fraction of sp³-hybridized carbons (Fsp3) is 0.323. The summed E-state index contributed by atoms with van der Waals surface area (Å²) in [5, 5.41) is 4.16. The van der Waals surface area contributed by atoms with Gasteiger partial charge in [0.2, 0.25) is 5.88 Å². The van der Waals surface area contributed by atoms with Gasteiger partial charge in [0, 0.05) is 50.7 Å². The number of carbonyl (C=O) groups is 2. The number of sulfone groups is 1. The van der Waals surface area contributed by atoms with Gasteiger partial charge in [-0.1, -0.05) is 23.2 Å². The summed E-state index contributed by atoms with van der Waals surface area (Å²) in [4.78, 5) is 33.5. The Morgan fingerprint density at radius 3 is 2.29 bits per heavy atom. The van der Waals surface area contributed by atoms with E-state index in [1.54, 1.807) is 28.0 Å². The third-order valence-electron chi connectivity index (χ3n) is 7.13. The predicted octanol–water partition coefficient (Wildman–Crippen LogP) is 6.21. The minimum absolute atomic E-state index is 0.0546. The number of hydrogen-bond donors (Lipinski definition) is 1. The van der Waals surface area contributed by atoms with Crippen LogP contribution in [0.25, 0.3) is 10.9 Å². The van der Waals surface area contributed by atoms with Crippen LogP contribution in [0.5, 0.6) is 11.6 Å². The molecule has 238 valence electrons. The number of aryl methyl sites for hydroxylation is 1. The molecule has 0 bridgehead atoms. The zero-order valence-corrected chi connectivity index (χ0v) is 27.5. The molecule has 1 aliphatic heterocycles. The Morgan fingerprint density at radius 1 is 0.933 bits per heavy atom. The van der Waals surface area contributed by atoms with E-state index in [9.17, 15) is 18.0 Å². The molecule has 0 unspecified atom stereocenters. The fourth-order valence-corrected chi connectivity index (χ4v) is 6.22. The lowest BCUT2D eigenvalue weighted by molar-refractivity contribution is 0.0139. The van der Waals surface area contributed by atoms with Gasteiger partial charge in [0.25, 0.3) is 5.91 Å². The largest absolute Gasteiger partial charge is 0.444 e. The number of ether oxygens (including phenoxy) is 2. The number of halogens is 2. The molecule has 4 aromatic rings. The van der Waals surface area contributed by atoms with Crippen LogP contribution in [-0.2, 0) is 21.6 Å². The number of nitrogens with zero attached hydrogens (tertiary/aromatic N) is 4. The van der Waals surface area contributed by atoms with Gasteiger partial charge in [-0.05, 0) is 63.2 Å². The van der Waals surface area contributed by atoms with Crippen molar-refractivity contribution in [3.05, 3.63) is 76.5 Å². The summed E-state index contributed by atoms with van der Waals surface area (Å²) in [6.07, 6.45) is 1.10. The van der Waals surface area contributed by atoms with E-state index < -0.39 is 15.4 Å². The quantitative estimate of drug-likeness (QED) is 0.246. The molecule has 0 aliphatic carbocycles. The summed E-state index contributed by atoms with van der Waals surface area (Å²) in [7, 11) is -1.85. The molecule has 14 heteroatoms. The van der Waals surface area contributed by atoms with Crippen molar-refractivity contribution in [2.75, 3.05) is 37.4 Å². The number of anilines is 1. The third-order valence-corrected chi connectivity index (χ3v) is 9.37. The first-order valence-corrected chi connectivity index (χ1v) is 16.5. The van der Waals surface area contributed by atoms with Gasteiger partial charge in [-0.2, -0.15) is 0 Å². The fourth-order valence-electron chi connectivity index (χ4n) is 4.76. The minimum Gasteiger partial charge on any atom is -0.444 e. The first-order valence-electron chi connectivity index (χ1n) is 14.1. The van der Waals surface area contributed by atoms with Crippen molar-refractivity contribution in [2.24, 2.45) is 7.05 Å². The predicted molar refractivity (Wildman–Crippen MR) is 173 cm³/mol. The molecule has 2 aromatic heterocycles. The van der Waals surface area contributed by atoms with Crippen LogP contribution in [0.15, 0.2) is 65.7 Å². The molecule has 1 fully saturated rings. The van der Waals surface area contributed by atoms with Gasteiger partial charge in [-0.25, -0.2) is 18.2 Å². The smallest absolute Gasteiger partial charge is 0.410 e. The molecule has 11 nitrogen and oxygen atoms in total. The van der Waals surface area contributed by atoms with Crippen LogP contribution in [0.1, 0.15) is 31.3 Å². The summed E-state index contributed by atoms with van der Waals surface area (Å²) in [5.74, 6) is 0.341. The van der Waals surface area contributed by atoms with Crippen LogP contribution in [-0.4, -0.2) is 77.4 Å². The van der Waals surface area contributed by atoms with Crippen molar-refractivity contribution in [1.29, 1.82) is 0 Å². The van der Waals surface area contributed by atoms with E-state index in [0.717, 1.165) is 10.9 Å². The summed E-state index contributed by atoms with van der Waals surface area (Å²) in [6, 6.07) is 14.7. The molecule has 2 aromatic carbocycles. The van der Waals surface area contributed by atoms with E-state index in [0.29, 0.717) is 49.2 Å². The van der Waals surface area contributed by atoms with Gasteiger partial charge >= 0.3 is 6.09 Å². The van der Waals surface area contributed by atoms with Gasteiger partial charge in [-0.15, -0.1) is 0 Å². The first-order chi connectivity index (χ1) is 21.2. The maximum Gasteiger partial charge on any atom is 0.410 e. The molecule has 2 amide bonds. The lowest BCUT2D eigenvalue weighted by Crippen LogP contribution is -2.51. The van der Waals surface area contributed by atoms with Gasteiger partial charge in [0.05, 0.1) is 32.3 Å². The number of piperazine rings is 1.